The lowest BCUT2D eigenvalue weighted by Crippen LogP contribution is -2.27. The third-order valence-electron chi connectivity index (χ3n) is 2.85. The largest absolute Gasteiger partial charge is 0.339 e. The van der Waals surface area contributed by atoms with Crippen LogP contribution in [0.15, 0.2) is 28.8 Å². The molecule has 21 heavy (non-hydrogen) atoms. The van der Waals surface area contributed by atoms with Gasteiger partial charge in [-0.3, -0.25) is 0 Å². The average molecular weight is 310 g/mol. The normalized spacial score (nSPS) is 11.7. The number of nitrogens with zero attached hydrogens (tertiary/aromatic N) is 2. The minimum absolute atomic E-state index is 0.0687. The number of hydrogen-bond donors (Lipinski definition) is 2. The quantitative estimate of drug-likeness (QED) is 0.770. The van der Waals surface area contributed by atoms with E-state index in [0.717, 1.165) is 5.56 Å². The van der Waals surface area contributed by atoms with Crippen molar-refractivity contribution in [2.45, 2.75) is 25.6 Å². The van der Waals surface area contributed by atoms with Gasteiger partial charge in [0.2, 0.25) is 15.9 Å². The van der Waals surface area contributed by atoms with Crippen molar-refractivity contribution in [3.05, 3.63) is 47.1 Å². The van der Waals surface area contributed by atoms with Crippen LogP contribution in [0.3, 0.4) is 0 Å². The molecule has 114 valence electrons. The molecule has 1 aromatic heterocycles. The van der Waals surface area contributed by atoms with E-state index >= 15 is 0 Å². The number of hydrogen-bond acceptors (Lipinski definition) is 6. The number of aryl methyl sites for hydroxylation is 1. The van der Waals surface area contributed by atoms with Gasteiger partial charge in [0, 0.05) is 19.5 Å². The number of nitrogens with two attached hydrogens (primary N) is 1. The van der Waals surface area contributed by atoms with E-state index in [2.05, 4.69) is 14.9 Å². The first-order chi connectivity index (χ1) is 9.98. The molecule has 7 nitrogen and oxygen atoms in total. The molecule has 8 heteroatoms. The molecule has 0 atom stereocenters. The van der Waals surface area contributed by atoms with Crippen LogP contribution in [-0.4, -0.2) is 25.1 Å². The third-order valence-corrected chi connectivity index (χ3v) is 4.20. The van der Waals surface area contributed by atoms with Crippen molar-refractivity contribution in [3.63, 3.8) is 0 Å². The molecule has 0 aliphatic heterocycles. The number of sulfonamides is 1. The van der Waals surface area contributed by atoms with Gasteiger partial charge in [0.05, 0.1) is 5.75 Å². The summed E-state index contributed by atoms with van der Waals surface area (Å²) < 4.78 is 31.3. The van der Waals surface area contributed by atoms with Crippen LogP contribution in [0, 0.1) is 6.92 Å². The van der Waals surface area contributed by atoms with E-state index in [9.17, 15) is 8.42 Å². The molecular weight excluding hydrogens is 292 g/mol. The van der Waals surface area contributed by atoms with E-state index in [-0.39, 0.29) is 12.3 Å². The standard InChI is InChI=1S/C13H18N4O3S/c1-10-16-13(20-17-10)6-7-15-21(18,19)9-12-4-2-11(8-14)3-5-12/h2-5,15H,6-9,14H2,1H3. The number of benzene rings is 1. The molecule has 0 saturated heterocycles. The highest BCUT2D eigenvalue weighted by Crippen LogP contribution is 2.07. The van der Waals surface area contributed by atoms with Crippen molar-refractivity contribution >= 4 is 10.0 Å². The van der Waals surface area contributed by atoms with Crippen LogP contribution in [0.25, 0.3) is 0 Å². The van der Waals surface area contributed by atoms with E-state index in [0.29, 0.717) is 30.2 Å². The van der Waals surface area contributed by atoms with Gasteiger partial charge in [-0.05, 0) is 18.1 Å². The van der Waals surface area contributed by atoms with E-state index in [4.69, 9.17) is 10.3 Å². The highest BCUT2D eigenvalue weighted by molar-refractivity contribution is 7.88. The number of aromatic nitrogens is 2. The van der Waals surface area contributed by atoms with E-state index in [1.807, 2.05) is 12.1 Å². The molecule has 0 saturated carbocycles. The van der Waals surface area contributed by atoms with Gasteiger partial charge in [-0.2, -0.15) is 4.98 Å². The first-order valence-corrected chi connectivity index (χ1v) is 8.18. The summed E-state index contributed by atoms with van der Waals surface area (Å²) in [7, 11) is -3.39. The number of nitrogens with one attached hydrogen (secondary N) is 1. The van der Waals surface area contributed by atoms with Crippen molar-refractivity contribution < 1.29 is 12.9 Å². The van der Waals surface area contributed by atoms with E-state index in [1.165, 1.54) is 0 Å². The first-order valence-electron chi connectivity index (χ1n) is 6.53. The third kappa shape index (κ3) is 4.92. The Kier molecular flexibility index (Phi) is 5.05. The van der Waals surface area contributed by atoms with E-state index < -0.39 is 10.0 Å². The molecule has 1 aromatic carbocycles. The average Bonchev–Trinajstić information content (AvgIpc) is 2.84. The smallest absolute Gasteiger partial charge is 0.227 e. The molecule has 0 spiro atoms. The molecule has 0 fully saturated rings. The predicted molar refractivity (Wildman–Crippen MR) is 77.7 cm³/mol. The van der Waals surface area contributed by atoms with Crippen molar-refractivity contribution in [1.82, 2.24) is 14.9 Å². The molecule has 3 N–H and O–H groups in total. The molecule has 0 aliphatic carbocycles. The maximum Gasteiger partial charge on any atom is 0.227 e. The molecule has 0 bridgehead atoms. The minimum Gasteiger partial charge on any atom is -0.339 e. The summed E-state index contributed by atoms with van der Waals surface area (Å²) in [6.07, 6.45) is 0.367. The monoisotopic (exact) mass is 310 g/mol. The van der Waals surface area contributed by atoms with Crippen LogP contribution in [0.2, 0.25) is 0 Å². The van der Waals surface area contributed by atoms with Gasteiger partial charge in [0.25, 0.3) is 0 Å². The SMILES string of the molecule is Cc1noc(CCNS(=O)(=O)Cc2ccc(CN)cc2)n1. The molecule has 0 unspecified atom stereocenters. The Morgan fingerprint density at radius 1 is 1.24 bits per heavy atom. The first kappa shape index (κ1) is 15.6. The van der Waals surface area contributed by atoms with Gasteiger partial charge in [-0.1, -0.05) is 29.4 Å². The second-order valence-electron chi connectivity index (χ2n) is 4.66. The predicted octanol–water partition coefficient (Wildman–Crippen LogP) is 0.499. The van der Waals surface area contributed by atoms with Crippen molar-refractivity contribution in [2.75, 3.05) is 6.54 Å². The highest BCUT2D eigenvalue weighted by atomic mass is 32.2. The zero-order chi connectivity index (χ0) is 15.3. The molecular formula is C13H18N4O3S. The lowest BCUT2D eigenvalue weighted by Gasteiger charge is -2.06. The Morgan fingerprint density at radius 2 is 1.90 bits per heavy atom. The fraction of sp³-hybridized carbons (Fsp3) is 0.385. The Bertz CT molecular complexity index is 680. The lowest BCUT2D eigenvalue weighted by atomic mass is 10.1. The summed E-state index contributed by atoms with van der Waals surface area (Å²) in [6.45, 7) is 2.38. The summed E-state index contributed by atoms with van der Waals surface area (Å²) in [6, 6.07) is 7.18. The highest BCUT2D eigenvalue weighted by Gasteiger charge is 2.12. The Labute approximate surface area is 123 Å². The van der Waals surface area contributed by atoms with Gasteiger partial charge >= 0.3 is 0 Å². The van der Waals surface area contributed by atoms with Gasteiger partial charge in [0.1, 0.15) is 0 Å². The minimum atomic E-state index is -3.39. The molecule has 0 radical (unpaired) electrons. The summed E-state index contributed by atoms with van der Waals surface area (Å²) in [5, 5.41) is 3.64. The van der Waals surface area contributed by atoms with Crippen LogP contribution in [0.4, 0.5) is 0 Å². The van der Waals surface area contributed by atoms with Crippen LogP contribution in [0.5, 0.6) is 0 Å². The fourth-order valence-electron chi connectivity index (χ4n) is 1.80. The lowest BCUT2D eigenvalue weighted by molar-refractivity contribution is 0.375. The number of rotatable bonds is 7. The molecule has 2 rings (SSSR count). The molecule has 0 amide bonds. The summed E-state index contributed by atoms with van der Waals surface area (Å²) in [5.74, 6) is 0.885. The van der Waals surface area contributed by atoms with Gasteiger partial charge < -0.3 is 10.3 Å². The molecule has 1 heterocycles. The van der Waals surface area contributed by atoms with Crippen LogP contribution < -0.4 is 10.5 Å². The second-order valence-corrected chi connectivity index (χ2v) is 6.47. The van der Waals surface area contributed by atoms with Crippen LogP contribution >= 0.6 is 0 Å². The maximum absolute atomic E-state index is 11.9. The topological polar surface area (TPSA) is 111 Å². The maximum atomic E-state index is 11.9. The summed E-state index contributed by atoms with van der Waals surface area (Å²) in [4.78, 5) is 4.01. The van der Waals surface area contributed by atoms with Gasteiger partial charge in [0.15, 0.2) is 5.82 Å². The van der Waals surface area contributed by atoms with Crippen LogP contribution in [-0.2, 0) is 28.7 Å². The Hall–Kier alpha value is -1.77. The fourth-order valence-corrected chi connectivity index (χ4v) is 2.94. The van der Waals surface area contributed by atoms with Crippen molar-refractivity contribution in [3.8, 4) is 0 Å². The zero-order valence-electron chi connectivity index (χ0n) is 11.7. The Morgan fingerprint density at radius 3 is 2.48 bits per heavy atom. The summed E-state index contributed by atoms with van der Waals surface area (Å²) >= 11 is 0. The Balaban J connectivity index is 1.86. The van der Waals surface area contributed by atoms with Gasteiger partial charge in [-0.15, -0.1) is 0 Å². The second kappa shape index (κ2) is 6.79. The van der Waals surface area contributed by atoms with Crippen molar-refractivity contribution in [1.29, 1.82) is 0 Å². The molecule has 0 aliphatic rings. The van der Waals surface area contributed by atoms with E-state index in [1.54, 1.807) is 19.1 Å². The van der Waals surface area contributed by atoms with Crippen LogP contribution in [0.1, 0.15) is 22.8 Å². The molecule has 2 aromatic rings. The van der Waals surface area contributed by atoms with Crippen molar-refractivity contribution in [2.24, 2.45) is 5.73 Å². The zero-order valence-corrected chi connectivity index (χ0v) is 12.6. The van der Waals surface area contributed by atoms with Gasteiger partial charge in [-0.25, -0.2) is 13.1 Å². The summed E-state index contributed by atoms with van der Waals surface area (Å²) in [5.41, 5.74) is 7.18.